The average Bonchev–Trinajstić information content (AvgIpc) is 3.71. The largest absolute Gasteiger partial charge is 0.467 e. The smallest absolute Gasteiger partial charge is 0.328 e. The molecule has 9 atom stereocenters. The van der Waals surface area contributed by atoms with Crippen molar-refractivity contribution in [1.82, 2.24) is 30.3 Å². The number of amides is 4. The summed E-state index contributed by atoms with van der Waals surface area (Å²) in [4.78, 5) is 79.2. The lowest BCUT2D eigenvalue weighted by molar-refractivity contribution is -0.149. The molecule has 14 heteroatoms. The molecule has 0 radical (unpaired) electrons. The summed E-state index contributed by atoms with van der Waals surface area (Å²) < 4.78 is 17.0. The number of aromatic nitrogens is 1. The van der Waals surface area contributed by atoms with E-state index >= 15 is 0 Å². The van der Waals surface area contributed by atoms with Gasteiger partial charge in [0.25, 0.3) is 0 Å². The van der Waals surface area contributed by atoms with Crippen LogP contribution in [0.15, 0.2) is 48.7 Å². The van der Waals surface area contributed by atoms with Gasteiger partial charge in [-0.2, -0.15) is 0 Å². The highest BCUT2D eigenvalue weighted by Gasteiger charge is 2.43. The maximum Gasteiger partial charge on any atom is 0.328 e. The van der Waals surface area contributed by atoms with Crippen LogP contribution in [0.1, 0.15) is 91.0 Å². The van der Waals surface area contributed by atoms with Crippen molar-refractivity contribution >= 4 is 29.6 Å². The van der Waals surface area contributed by atoms with E-state index in [4.69, 9.17) is 14.2 Å². The highest BCUT2D eigenvalue weighted by atomic mass is 16.5. The predicted molar refractivity (Wildman–Crippen MR) is 236 cm³/mol. The molecule has 4 amide bonds. The van der Waals surface area contributed by atoms with Crippen LogP contribution in [-0.2, 0) is 51.1 Å². The summed E-state index contributed by atoms with van der Waals surface area (Å²) in [6.07, 6.45) is 2.75. The molecule has 340 valence electrons. The Morgan fingerprint density at radius 3 is 2.11 bits per heavy atom. The van der Waals surface area contributed by atoms with Crippen LogP contribution in [0.25, 0.3) is 0 Å². The first-order valence-electron chi connectivity index (χ1n) is 21.9. The zero-order valence-electron chi connectivity index (χ0n) is 39.0. The van der Waals surface area contributed by atoms with Crippen molar-refractivity contribution in [3.05, 3.63) is 65.5 Å². The van der Waals surface area contributed by atoms with Gasteiger partial charge in [0.15, 0.2) is 0 Å². The molecule has 1 aliphatic rings. The molecule has 1 aromatic heterocycles. The lowest BCUT2D eigenvalue weighted by Gasteiger charge is -2.41. The highest BCUT2D eigenvalue weighted by molar-refractivity contribution is 5.90. The minimum absolute atomic E-state index is 0.00840. The number of rotatable bonds is 23. The Kier molecular flexibility index (Phi) is 20.3. The molecular formula is C47H74N6O8. The Morgan fingerprint density at radius 2 is 1.56 bits per heavy atom. The summed E-state index contributed by atoms with van der Waals surface area (Å²) in [5.41, 5.74) is 2.82. The van der Waals surface area contributed by atoms with E-state index in [2.05, 4.69) is 15.6 Å². The molecule has 2 N–H and O–H groups in total. The number of nitrogens with zero attached hydrogens (tertiary/aromatic N) is 4. The number of nitrogens with one attached hydrogen (secondary N) is 2. The van der Waals surface area contributed by atoms with Crippen molar-refractivity contribution in [2.75, 3.05) is 42.0 Å². The van der Waals surface area contributed by atoms with Gasteiger partial charge in [0.05, 0.1) is 49.8 Å². The molecule has 1 aliphatic heterocycles. The van der Waals surface area contributed by atoms with Crippen molar-refractivity contribution in [2.24, 2.45) is 23.7 Å². The third-order valence-electron chi connectivity index (χ3n) is 12.3. The first-order chi connectivity index (χ1) is 28.9. The van der Waals surface area contributed by atoms with Crippen molar-refractivity contribution < 1.29 is 38.2 Å². The number of likely N-dealkylation sites (tertiary alicyclic amines) is 1. The molecule has 61 heavy (non-hydrogen) atoms. The Balaban J connectivity index is 1.79. The van der Waals surface area contributed by atoms with E-state index in [1.807, 2.05) is 103 Å². The van der Waals surface area contributed by atoms with E-state index in [9.17, 15) is 24.0 Å². The van der Waals surface area contributed by atoms with Gasteiger partial charge in [-0.3, -0.25) is 29.1 Å². The highest BCUT2D eigenvalue weighted by Crippen LogP contribution is 2.30. The van der Waals surface area contributed by atoms with Gasteiger partial charge in [0.2, 0.25) is 23.6 Å². The summed E-state index contributed by atoms with van der Waals surface area (Å²) >= 11 is 0. The van der Waals surface area contributed by atoms with Gasteiger partial charge in [0.1, 0.15) is 12.1 Å². The average molecular weight is 851 g/mol. The fourth-order valence-corrected chi connectivity index (χ4v) is 8.87. The van der Waals surface area contributed by atoms with Crippen LogP contribution in [0.4, 0.5) is 0 Å². The lowest BCUT2D eigenvalue weighted by atomic mass is 9.89. The van der Waals surface area contributed by atoms with Gasteiger partial charge >= 0.3 is 5.97 Å². The van der Waals surface area contributed by atoms with Gasteiger partial charge in [-0.15, -0.1) is 0 Å². The maximum absolute atomic E-state index is 14.6. The molecule has 2 heterocycles. The molecule has 0 spiro atoms. The summed E-state index contributed by atoms with van der Waals surface area (Å²) in [5, 5.41) is 5.98. The molecule has 2 aromatic rings. The van der Waals surface area contributed by atoms with Crippen LogP contribution in [-0.4, -0.2) is 134 Å². The van der Waals surface area contributed by atoms with Crippen LogP contribution in [0, 0.1) is 30.6 Å². The quantitative estimate of drug-likeness (QED) is 0.149. The monoisotopic (exact) mass is 851 g/mol. The molecule has 0 unspecified atom stereocenters. The number of hydrogen-bond acceptors (Lipinski definition) is 10. The molecule has 1 fully saturated rings. The summed E-state index contributed by atoms with van der Waals surface area (Å²) in [6.45, 7) is 16.6. The topological polar surface area (TPSA) is 160 Å². The van der Waals surface area contributed by atoms with E-state index in [1.165, 1.54) is 14.2 Å². The predicted octanol–water partition coefficient (Wildman–Crippen LogP) is 4.81. The SMILES string of the molecule is CC[C@H](C)[C@@H]([C@@H](CC(=O)N1CCC[C@H]1[C@H](OC)[C@@H](C)C(=O)N[C@@H](Cc1ccccc1)C(=O)OC)OC)N(C)C(=O)[C@@H](NC(=O)[C@H](C(C)C)N(C)Cc1ccnc(C)c1)C(C)C. The minimum atomic E-state index is -0.899. The number of carbonyl (C=O) groups excluding carboxylic acids is 5. The number of pyridine rings is 1. The second kappa shape index (κ2) is 24.3. The number of benzene rings is 1. The van der Waals surface area contributed by atoms with Crippen LogP contribution in [0.5, 0.6) is 0 Å². The van der Waals surface area contributed by atoms with E-state index in [0.717, 1.165) is 23.2 Å². The van der Waals surface area contributed by atoms with Crippen LogP contribution in [0.3, 0.4) is 0 Å². The Morgan fingerprint density at radius 1 is 0.885 bits per heavy atom. The number of carbonyl (C=O) groups is 5. The van der Waals surface area contributed by atoms with E-state index < -0.39 is 54.3 Å². The zero-order valence-corrected chi connectivity index (χ0v) is 39.0. The Bertz CT molecular complexity index is 1730. The van der Waals surface area contributed by atoms with Crippen LogP contribution < -0.4 is 10.6 Å². The second-order valence-electron chi connectivity index (χ2n) is 17.5. The fourth-order valence-electron chi connectivity index (χ4n) is 8.87. The molecule has 3 rings (SSSR count). The standard InChI is InChI=1S/C47H74N6O8/c1-14-31(6)42(52(10)46(57)40(29(2)3)50-45(56)41(30(4)5)51(9)28-35-22-23-48-32(7)25-35)38(59-11)27-39(54)53-24-18-21-37(53)43(60-12)33(8)44(55)49-36(47(58)61-13)26-34-19-16-15-17-20-34/h15-17,19-20,22-23,25,29-31,33,36-38,40-43H,14,18,21,24,26-28H2,1-13H3,(H,49,55)(H,50,56)/t31-,33+,36-,37-,38+,40-,41-,42-,43+/m0/s1. The van der Waals surface area contributed by atoms with Crippen LogP contribution >= 0.6 is 0 Å². The van der Waals surface area contributed by atoms with E-state index in [0.29, 0.717) is 25.9 Å². The van der Waals surface area contributed by atoms with Gasteiger partial charge in [-0.1, -0.05) is 85.2 Å². The van der Waals surface area contributed by atoms with Crippen molar-refractivity contribution in [2.45, 2.75) is 136 Å². The molecular weight excluding hydrogens is 777 g/mol. The number of aryl methyl sites for hydroxylation is 1. The number of hydrogen-bond donors (Lipinski definition) is 2. The third kappa shape index (κ3) is 13.8. The minimum Gasteiger partial charge on any atom is -0.467 e. The van der Waals surface area contributed by atoms with Crippen molar-refractivity contribution in [3.63, 3.8) is 0 Å². The van der Waals surface area contributed by atoms with Gasteiger partial charge < -0.3 is 34.6 Å². The van der Waals surface area contributed by atoms with Crippen molar-refractivity contribution in [3.8, 4) is 0 Å². The van der Waals surface area contributed by atoms with Gasteiger partial charge in [-0.05, 0) is 67.8 Å². The summed E-state index contributed by atoms with van der Waals surface area (Å²) in [7, 11) is 8.02. The molecule has 1 saturated heterocycles. The number of methoxy groups -OCH3 is 3. The normalized spacial score (nSPS) is 18.2. The molecule has 1 aromatic carbocycles. The number of esters is 1. The molecule has 0 aliphatic carbocycles. The molecule has 0 bridgehead atoms. The number of ether oxygens (including phenoxy) is 3. The summed E-state index contributed by atoms with van der Waals surface area (Å²) in [6, 6.07) is 10.2. The second-order valence-corrected chi connectivity index (χ2v) is 17.5. The van der Waals surface area contributed by atoms with Gasteiger partial charge in [0, 0.05) is 52.7 Å². The first-order valence-corrected chi connectivity index (χ1v) is 21.9. The van der Waals surface area contributed by atoms with Crippen LogP contribution in [0.2, 0.25) is 0 Å². The molecule has 0 saturated carbocycles. The zero-order chi connectivity index (χ0) is 45.6. The Hall–Kier alpha value is -4.40. The Labute approximate surface area is 364 Å². The molecule has 14 nitrogen and oxygen atoms in total. The fraction of sp³-hybridized carbons (Fsp3) is 0.660. The van der Waals surface area contributed by atoms with Crippen molar-refractivity contribution in [1.29, 1.82) is 0 Å². The first kappa shape index (κ1) is 51.0. The summed E-state index contributed by atoms with van der Waals surface area (Å²) in [5.74, 6) is -2.62. The van der Waals surface area contributed by atoms with E-state index in [1.54, 1.807) is 37.1 Å². The lowest BCUT2D eigenvalue weighted by Crippen LogP contribution is -2.60. The van der Waals surface area contributed by atoms with Gasteiger partial charge in [-0.25, -0.2) is 4.79 Å². The maximum atomic E-state index is 14.6. The third-order valence-corrected chi connectivity index (χ3v) is 12.3. The number of likely N-dealkylation sites (N-methyl/N-ethyl adjacent to an activating group) is 2. The van der Waals surface area contributed by atoms with E-state index in [-0.39, 0.29) is 54.2 Å².